The molecule has 1 aliphatic rings. The molecule has 0 atom stereocenters. The Labute approximate surface area is 199 Å². The molecule has 0 bridgehead atoms. The van der Waals surface area contributed by atoms with Crippen LogP contribution in [-0.4, -0.2) is 49.1 Å². The second-order valence-corrected chi connectivity index (χ2v) is 10.2. The van der Waals surface area contributed by atoms with Crippen LogP contribution >= 0.6 is 0 Å². The van der Waals surface area contributed by atoms with Crippen molar-refractivity contribution in [3.63, 3.8) is 0 Å². The predicted molar refractivity (Wildman–Crippen MR) is 128 cm³/mol. The Morgan fingerprint density at radius 1 is 1.03 bits per heavy atom. The second kappa shape index (κ2) is 10.2. The van der Waals surface area contributed by atoms with Crippen LogP contribution in [0.3, 0.4) is 0 Å². The highest BCUT2D eigenvalue weighted by molar-refractivity contribution is 7.89. The molecule has 2 aromatic carbocycles. The van der Waals surface area contributed by atoms with Crippen molar-refractivity contribution in [1.29, 1.82) is 0 Å². The number of benzene rings is 2. The number of nitrogens with zero attached hydrogens (tertiary/aromatic N) is 2. The molecule has 178 valence electrons. The van der Waals surface area contributed by atoms with Gasteiger partial charge in [-0.3, -0.25) is 9.59 Å². The summed E-state index contributed by atoms with van der Waals surface area (Å²) in [5.41, 5.74) is 1.85. The van der Waals surface area contributed by atoms with E-state index in [1.54, 1.807) is 53.4 Å². The summed E-state index contributed by atoms with van der Waals surface area (Å²) in [6, 6.07) is 16.5. The third-order valence-corrected chi connectivity index (χ3v) is 7.48. The van der Waals surface area contributed by atoms with Crippen LogP contribution in [0, 0.1) is 6.92 Å². The van der Waals surface area contributed by atoms with E-state index in [1.807, 2.05) is 6.92 Å². The first kappa shape index (κ1) is 23.7. The lowest BCUT2D eigenvalue weighted by Crippen LogP contribution is -2.37. The van der Waals surface area contributed by atoms with Crippen molar-refractivity contribution in [2.45, 2.75) is 31.2 Å². The lowest BCUT2D eigenvalue weighted by molar-refractivity contribution is -0.116. The maximum atomic E-state index is 13.3. The maximum Gasteiger partial charge on any atom is 0.253 e. The van der Waals surface area contributed by atoms with Crippen molar-refractivity contribution >= 4 is 27.5 Å². The molecule has 1 saturated heterocycles. The standard InChI is InChI=1S/C25H27N3O5S/c1-19-9-11-23(12-10-19)34(31,32)28(17-22-8-5-15-33-22)18-24(29)26-21-7-4-6-20(16-21)25(30)27-13-2-3-14-27/h4-12,15-16H,2-3,13-14,17-18H2,1H3,(H,26,29). The first-order valence-corrected chi connectivity index (χ1v) is 12.6. The van der Waals surface area contributed by atoms with E-state index in [2.05, 4.69) is 5.32 Å². The molecule has 1 aromatic heterocycles. The van der Waals surface area contributed by atoms with Crippen LogP contribution in [-0.2, 0) is 21.4 Å². The number of hydrogen-bond acceptors (Lipinski definition) is 5. The van der Waals surface area contributed by atoms with Crippen molar-refractivity contribution in [2.75, 3.05) is 25.0 Å². The van der Waals surface area contributed by atoms with Crippen molar-refractivity contribution in [3.05, 3.63) is 83.8 Å². The summed E-state index contributed by atoms with van der Waals surface area (Å²) in [6.45, 7) is 2.82. The highest BCUT2D eigenvalue weighted by atomic mass is 32.2. The quantitative estimate of drug-likeness (QED) is 0.529. The van der Waals surface area contributed by atoms with Crippen molar-refractivity contribution in [1.82, 2.24) is 9.21 Å². The molecule has 2 amide bonds. The number of carbonyl (C=O) groups excluding carboxylic acids is 2. The van der Waals surface area contributed by atoms with E-state index >= 15 is 0 Å². The Balaban J connectivity index is 1.51. The summed E-state index contributed by atoms with van der Waals surface area (Å²) in [4.78, 5) is 27.4. The van der Waals surface area contributed by atoms with Gasteiger partial charge in [-0.25, -0.2) is 8.42 Å². The SMILES string of the molecule is Cc1ccc(S(=O)(=O)N(CC(=O)Nc2cccc(C(=O)N3CCCC3)c2)Cc2ccco2)cc1. The number of sulfonamides is 1. The largest absolute Gasteiger partial charge is 0.468 e. The van der Waals surface area contributed by atoms with Gasteiger partial charge in [0.15, 0.2) is 0 Å². The summed E-state index contributed by atoms with van der Waals surface area (Å²) in [5.74, 6) is -0.176. The molecule has 34 heavy (non-hydrogen) atoms. The Morgan fingerprint density at radius 3 is 2.44 bits per heavy atom. The fourth-order valence-electron chi connectivity index (χ4n) is 3.85. The maximum absolute atomic E-state index is 13.3. The van der Waals surface area contributed by atoms with Crippen LogP contribution in [0.2, 0.25) is 0 Å². The highest BCUT2D eigenvalue weighted by Gasteiger charge is 2.28. The Kier molecular flexibility index (Phi) is 7.14. The van der Waals surface area contributed by atoms with Gasteiger partial charge in [0.2, 0.25) is 15.9 Å². The van der Waals surface area contributed by atoms with E-state index in [-0.39, 0.29) is 17.3 Å². The molecule has 1 N–H and O–H groups in total. The molecule has 4 rings (SSSR count). The molecule has 0 saturated carbocycles. The van der Waals surface area contributed by atoms with Crippen molar-refractivity contribution in [3.8, 4) is 0 Å². The third-order valence-electron chi connectivity index (χ3n) is 5.68. The van der Waals surface area contributed by atoms with Crippen molar-refractivity contribution in [2.24, 2.45) is 0 Å². The minimum atomic E-state index is -3.96. The van der Waals surface area contributed by atoms with Gasteiger partial charge in [-0.05, 0) is 62.2 Å². The van der Waals surface area contributed by atoms with E-state index in [0.717, 1.165) is 35.8 Å². The smallest absolute Gasteiger partial charge is 0.253 e. The molecule has 0 unspecified atom stereocenters. The predicted octanol–water partition coefficient (Wildman–Crippen LogP) is 3.65. The number of likely N-dealkylation sites (tertiary alicyclic amines) is 1. The van der Waals surface area contributed by atoms with Crippen molar-refractivity contribution < 1.29 is 22.4 Å². The number of hydrogen-bond donors (Lipinski definition) is 1. The van der Waals surface area contributed by atoms with Crippen LogP contribution in [0.4, 0.5) is 5.69 Å². The first-order chi connectivity index (χ1) is 16.3. The van der Waals surface area contributed by atoms with Gasteiger partial charge in [0.05, 0.1) is 24.2 Å². The minimum Gasteiger partial charge on any atom is -0.468 e. The summed E-state index contributed by atoms with van der Waals surface area (Å²) in [5, 5.41) is 2.72. The zero-order valence-corrected chi connectivity index (χ0v) is 19.8. The second-order valence-electron chi connectivity index (χ2n) is 8.29. The molecule has 0 radical (unpaired) electrons. The molecule has 1 aliphatic heterocycles. The van der Waals surface area contributed by atoms with Gasteiger partial charge < -0.3 is 14.6 Å². The fourth-order valence-corrected chi connectivity index (χ4v) is 5.22. The normalized spacial score (nSPS) is 13.9. The van der Waals surface area contributed by atoms with Gasteiger partial charge in [0.1, 0.15) is 5.76 Å². The number of rotatable bonds is 8. The Hall–Kier alpha value is -3.43. The Morgan fingerprint density at radius 2 is 1.76 bits per heavy atom. The molecule has 9 heteroatoms. The van der Waals surface area contributed by atoms with Gasteiger partial charge in [-0.1, -0.05) is 23.8 Å². The van der Waals surface area contributed by atoms with Gasteiger partial charge in [-0.15, -0.1) is 0 Å². The number of amides is 2. The average molecular weight is 482 g/mol. The number of nitrogens with one attached hydrogen (secondary N) is 1. The monoisotopic (exact) mass is 481 g/mol. The van der Waals surface area contributed by atoms with E-state index < -0.39 is 22.5 Å². The molecule has 3 aromatic rings. The first-order valence-electron chi connectivity index (χ1n) is 11.1. The fraction of sp³-hybridized carbons (Fsp3) is 0.280. The van der Waals surface area contributed by atoms with Gasteiger partial charge >= 0.3 is 0 Å². The summed E-state index contributed by atoms with van der Waals surface area (Å²) >= 11 is 0. The summed E-state index contributed by atoms with van der Waals surface area (Å²) in [6.07, 6.45) is 3.43. The lowest BCUT2D eigenvalue weighted by atomic mass is 10.1. The van der Waals surface area contributed by atoms with Crippen LogP contribution in [0.15, 0.2) is 76.2 Å². The molecule has 0 spiro atoms. The molecule has 2 heterocycles. The van der Waals surface area contributed by atoms with E-state index in [4.69, 9.17) is 4.42 Å². The molecular weight excluding hydrogens is 454 g/mol. The molecule has 0 aliphatic carbocycles. The van der Waals surface area contributed by atoms with Crippen LogP contribution in [0.1, 0.15) is 34.5 Å². The van der Waals surface area contributed by atoms with E-state index in [9.17, 15) is 18.0 Å². The van der Waals surface area contributed by atoms with Crippen LogP contribution in [0.5, 0.6) is 0 Å². The Bertz CT molecular complexity index is 1250. The van der Waals surface area contributed by atoms with E-state index in [1.165, 1.54) is 18.4 Å². The summed E-state index contributed by atoms with van der Waals surface area (Å²) in [7, 11) is -3.96. The number of aryl methyl sites for hydroxylation is 1. The van der Waals surface area contributed by atoms with Crippen LogP contribution < -0.4 is 5.32 Å². The van der Waals surface area contributed by atoms with E-state index in [0.29, 0.717) is 17.0 Å². The van der Waals surface area contributed by atoms with Gasteiger partial charge in [0.25, 0.3) is 5.91 Å². The van der Waals surface area contributed by atoms with Gasteiger partial charge in [-0.2, -0.15) is 4.31 Å². The molecule has 8 nitrogen and oxygen atoms in total. The molecular formula is C25H27N3O5S. The molecule has 1 fully saturated rings. The average Bonchev–Trinajstić information content (AvgIpc) is 3.53. The zero-order valence-electron chi connectivity index (χ0n) is 18.9. The zero-order chi connectivity index (χ0) is 24.1. The number of carbonyl (C=O) groups is 2. The topological polar surface area (TPSA) is 99.9 Å². The number of anilines is 1. The number of furan rings is 1. The third kappa shape index (κ3) is 5.55. The highest BCUT2D eigenvalue weighted by Crippen LogP contribution is 2.20. The lowest BCUT2D eigenvalue weighted by Gasteiger charge is -2.21. The van der Waals surface area contributed by atoms with Gasteiger partial charge in [0, 0.05) is 24.3 Å². The summed E-state index contributed by atoms with van der Waals surface area (Å²) < 4.78 is 33.0. The minimum absolute atomic E-state index is 0.0741. The van der Waals surface area contributed by atoms with Crippen LogP contribution in [0.25, 0.3) is 0 Å².